The van der Waals surface area contributed by atoms with E-state index >= 15 is 0 Å². The Morgan fingerprint density at radius 3 is 2.39 bits per heavy atom. The van der Waals surface area contributed by atoms with Crippen molar-refractivity contribution in [3.63, 3.8) is 0 Å². The summed E-state index contributed by atoms with van der Waals surface area (Å²) in [6.45, 7) is 9.59. The topological polar surface area (TPSA) is 35.9 Å². The van der Waals surface area contributed by atoms with Gasteiger partial charge in [0.2, 0.25) is 0 Å². The van der Waals surface area contributed by atoms with E-state index < -0.39 is 11.7 Å². The van der Waals surface area contributed by atoms with E-state index in [1.165, 1.54) is 5.56 Å². The van der Waals surface area contributed by atoms with Crippen molar-refractivity contribution in [2.45, 2.75) is 32.1 Å². The van der Waals surface area contributed by atoms with E-state index in [1.54, 1.807) is 0 Å². The van der Waals surface area contributed by atoms with Crippen molar-refractivity contribution in [2.24, 2.45) is 0 Å². The maximum absolute atomic E-state index is 10.1. The van der Waals surface area contributed by atoms with Crippen LogP contribution in [0.1, 0.15) is 19.4 Å². The van der Waals surface area contributed by atoms with Crippen molar-refractivity contribution >= 4 is 0 Å². The number of rotatable bonds is 7. The first-order valence-electron chi connectivity index (χ1n) is 8.27. The van der Waals surface area contributed by atoms with Crippen LogP contribution in [0.15, 0.2) is 30.3 Å². The minimum absolute atomic E-state index is 0.279. The minimum atomic E-state index is -0.616. The Hall–Kier alpha value is -1.38. The van der Waals surface area contributed by atoms with Crippen LogP contribution in [0.4, 0.5) is 0 Å². The number of β-amino-alcohol motifs (C(OH)–C–C–N with tert-alkyl or cyclic N) is 1. The molecule has 1 atom stereocenters. The second kappa shape index (κ2) is 8.47. The van der Waals surface area contributed by atoms with Crippen molar-refractivity contribution in [1.82, 2.24) is 9.80 Å². The standard InChI is InChI=1S/C19H28N2O2/c1-4-19(2,3)23-16-18(22)15-21-12-10-20(11-13-21)14-17-8-6-5-7-9-17/h1,5-9,18,22H,10-16H2,2-3H3. The van der Waals surface area contributed by atoms with Crippen molar-refractivity contribution in [3.05, 3.63) is 35.9 Å². The lowest BCUT2D eigenvalue weighted by atomic mass is 10.1. The molecule has 0 saturated carbocycles. The number of aliphatic hydroxyl groups is 1. The summed E-state index contributed by atoms with van der Waals surface area (Å²) in [6.07, 6.45) is 4.89. The Morgan fingerprint density at radius 1 is 1.17 bits per heavy atom. The molecular weight excluding hydrogens is 288 g/mol. The third-order valence-electron chi connectivity index (χ3n) is 4.17. The third-order valence-corrected chi connectivity index (χ3v) is 4.17. The third kappa shape index (κ3) is 6.32. The number of hydrogen-bond donors (Lipinski definition) is 1. The Bertz CT molecular complexity index is 502. The fourth-order valence-electron chi connectivity index (χ4n) is 2.67. The Balaban J connectivity index is 1.67. The summed E-state index contributed by atoms with van der Waals surface area (Å²) in [5.41, 5.74) is 0.737. The molecule has 0 radical (unpaired) electrons. The molecule has 1 N–H and O–H groups in total. The lowest BCUT2D eigenvalue weighted by Crippen LogP contribution is -2.48. The maximum Gasteiger partial charge on any atom is 0.122 e. The molecule has 0 bridgehead atoms. The molecule has 1 saturated heterocycles. The Kier molecular flexibility index (Phi) is 6.61. The van der Waals surface area contributed by atoms with E-state index in [0.717, 1.165) is 32.7 Å². The Labute approximate surface area is 140 Å². The van der Waals surface area contributed by atoms with Crippen LogP contribution < -0.4 is 0 Å². The van der Waals surface area contributed by atoms with Crippen molar-refractivity contribution in [1.29, 1.82) is 0 Å². The number of terminal acetylenes is 1. The monoisotopic (exact) mass is 316 g/mol. The highest BCUT2D eigenvalue weighted by atomic mass is 16.5. The van der Waals surface area contributed by atoms with Crippen molar-refractivity contribution in [2.75, 3.05) is 39.3 Å². The Morgan fingerprint density at radius 2 is 1.78 bits per heavy atom. The molecule has 1 unspecified atom stereocenters. The van der Waals surface area contributed by atoms with Crippen LogP contribution in [0.5, 0.6) is 0 Å². The van der Waals surface area contributed by atoms with Gasteiger partial charge in [-0.2, -0.15) is 0 Å². The highest BCUT2D eigenvalue weighted by molar-refractivity contribution is 5.14. The summed E-state index contributed by atoms with van der Waals surface area (Å²) < 4.78 is 5.56. The molecule has 4 nitrogen and oxygen atoms in total. The summed E-state index contributed by atoms with van der Waals surface area (Å²) in [6, 6.07) is 10.5. The van der Waals surface area contributed by atoms with Crippen LogP contribution in [-0.2, 0) is 11.3 Å². The second-order valence-electron chi connectivity index (χ2n) is 6.68. The lowest BCUT2D eigenvalue weighted by molar-refractivity contribution is -0.0410. The molecule has 1 aliphatic rings. The molecule has 1 aliphatic heterocycles. The predicted molar refractivity (Wildman–Crippen MR) is 93.0 cm³/mol. The average Bonchev–Trinajstić information content (AvgIpc) is 2.56. The van der Waals surface area contributed by atoms with Gasteiger partial charge in [0.25, 0.3) is 0 Å². The van der Waals surface area contributed by atoms with Crippen LogP contribution in [0.25, 0.3) is 0 Å². The number of nitrogens with zero attached hydrogens (tertiary/aromatic N) is 2. The molecule has 126 valence electrons. The van der Waals surface area contributed by atoms with E-state index in [2.05, 4.69) is 40.0 Å². The number of ether oxygens (including phenoxy) is 1. The highest BCUT2D eigenvalue weighted by Crippen LogP contribution is 2.10. The molecule has 0 aliphatic carbocycles. The molecule has 0 amide bonds. The molecule has 0 aromatic heterocycles. The zero-order chi connectivity index (χ0) is 16.7. The SMILES string of the molecule is C#CC(C)(C)OCC(O)CN1CCN(Cc2ccccc2)CC1. The molecular formula is C19H28N2O2. The summed E-state index contributed by atoms with van der Waals surface area (Å²) in [4.78, 5) is 4.74. The van der Waals surface area contributed by atoms with E-state index in [9.17, 15) is 5.11 Å². The second-order valence-corrected chi connectivity index (χ2v) is 6.68. The van der Waals surface area contributed by atoms with Gasteiger partial charge in [-0.1, -0.05) is 36.3 Å². The fraction of sp³-hybridized carbons (Fsp3) is 0.579. The molecule has 4 heteroatoms. The highest BCUT2D eigenvalue weighted by Gasteiger charge is 2.21. The number of benzene rings is 1. The molecule has 1 aromatic rings. The van der Waals surface area contributed by atoms with Crippen molar-refractivity contribution in [3.8, 4) is 12.3 Å². The molecule has 0 spiro atoms. The number of hydrogen-bond acceptors (Lipinski definition) is 4. The summed E-state index contributed by atoms with van der Waals surface area (Å²) in [7, 11) is 0. The number of aliphatic hydroxyl groups excluding tert-OH is 1. The zero-order valence-corrected chi connectivity index (χ0v) is 14.2. The van der Waals surface area contributed by atoms with Gasteiger partial charge in [-0.3, -0.25) is 9.80 Å². The van der Waals surface area contributed by atoms with Crippen LogP contribution in [0.2, 0.25) is 0 Å². The van der Waals surface area contributed by atoms with Gasteiger partial charge in [0.05, 0.1) is 12.7 Å². The zero-order valence-electron chi connectivity index (χ0n) is 14.2. The molecule has 2 rings (SSSR count). The van der Waals surface area contributed by atoms with Crippen LogP contribution in [0.3, 0.4) is 0 Å². The van der Waals surface area contributed by atoms with Gasteiger partial charge in [-0.25, -0.2) is 0 Å². The summed E-state index contributed by atoms with van der Waals surface area (Å²) >= 11 is 0. The fourth-order valence-corrected chi connectivity index (χ4v) is 2.67. The lowest BCUT2D eigenvalue weighted by Gasteiger charge is -2.35. The van der Waals surface area contributed by atoms with E-state index in [-0.39, 0.29) is 6.61 Å². The summed E-state index contributed by atoms with van der Waals surface area (Å²) in [5.74, 6) is 2.58. The van der Waals surface area contributed by atoms with Gasteiger partial charge in [-0.05, 0) is 19.4 Å². The van der Waals surface area contributed by atoms with Gasteiger partial charge in [0.1, 0.15) is 5.60 Å². The van der Waals surface area contributed by atoms with Gasteiger partial charge < -0.3 is 9.84 Å². The first-order valence-corrected chi connectivity index (χ1v) is 8.27. The van der Waals surface area contributed by atoms with Gasteiger partial charge in [-0.15, -0.1) is 6.42 Å². The summed E-state index contributed by atoms with van der Waals surface area (Å²) in [5, 5.41) is 10.1. The molecule has 1 fully saturated rings. The van der Waals surface area contributed by atoms with Crippen LogP contribution >= 0.6 is 0 Å². The average molecular weight is 316 g/mol. The first-order chi connectivity index (χ1) is 11.0. The molecule has 1 heterocycles. The van der Waals surface area contributed by atoms with Crippen LogP contribution in [0, 0.1) is 12.3 Å². The van der Waals surface area contributed by atoms with E-state index in [1.807, 2.05) is 19.9 Å². The first kappa shape index (κ1) is 18.0. The number of piperazine rings is 1. The smallest absolute Gasteiger partial charge is 0.122 e. The van der Waals surface area contributed by atoms with E-state index in [4.69, 9.17) is 11.2 Å². The van der Waals surface area contributed by atoms with Gasteiger partial charge in [0.15, 0.2) is 0 Å². The molecule has 23 heavy (non-hydrogen) atoms. The van der Waals surface area contributed by atoms with E-state index in [0.29, 0.717) is 6.54 Å². The van der Waals surface area contributed by atoms with Gasteiger partial charge in [0, 0.05) is 39.3 Å². The van der Waals surface area contributed by atoms with Crippen molar-refractivity contribution < 1.29 is 9.84 Å². The van der Waals surface area contributed by atoms with Gasteiger partial charge >= 0.3 is 0 Å². The molecule has 1 aromatic carbocycles. The maximum atomic E-state index is 10.1. The quantitative estimate of drug-likeness (QED) is 0.775. The predicted octanol–water partition coefficient (Wildman–Crippen LogP) is 1.59. The minimum Gasteiger partial charge on any atom is -0.389 e. The normalized spacial score (nSPS) is 18.5. The van der Waals surface area contributed by atoms with Crippen LogP contribution in [-0.4, -0.2) is 65.9 Å². The largest absolute Gasteiger partial charge is 0.389 e.